The molecule has 0 fully saturated rings. The highest BCUT2D eigenvalue weighted by atomic mass is 16.5. The van der Waals surface area contributed by atoms with E-state index in [4.69, 9.17) is 4.74 Å². The zero-order valence-electron chi connectivity index (χ0n) is 14.5. The molecule has 0 saturated carbocycles. The minimum atomic E-state index is 0.159. The summed E-state index contributed by atoms with van der Waals surface area (Å²) in [4.78, 5) is 2.22. The number of allylic oxidation sites excluding steroid dienone is 2. The van der Waals surface area contributed by atoms with Gasteiger partial charge in [-0.2, -0.15) is 0 Å². The van der Waals surface area contributed by atoms with Crippen molar-refractivity contribution in [3.05, 3.63) is 59.7 Å². The van der Waals surface area contributed by atoms with Crippen LogP contribution >= 0.6 is 0 Å². The Balaban J connectivity index is 2.17. The molecule has 0 atom stereocenters. The van der Waals surface area contributed by atoms with Gasteiger partial charge < -0.3 is 9.64 Å². The van der Waals surface area contributed by atoms with E-state index >= 15 is 0 Å². The fourth-order valence-electron chi connectivity index (χ4n) is 3.17. The molecule has 2 aromatic rings. The van der Waals surface area contributed by atoms with E-state index in [0.29, 0.717) is 0 Å². The van der Waals surface area contributed by atoms with E-state index in [0.717, 1.165) is 18.7 Å². The minimum absolute atomic E-state index is 0.159. The van der Waals surface area contributed by atoms with Crippen molar-refractivity contribution in [1.82, 2.24) is 4.90 Å². The van der Waals surface area contributed by atoms with Crippen LogP contribution in [0.4, 0.5) is 0 Å². The van der Waals surface area contributed by atoms with Crippen molar-refractivity contribution in [2.45, 2.75) is 26.4 Å². The number of nitrogens with zero attached hydrogens (tertiary/aromatic N) is 1. The number of fused-ring (bicyclic) bond motifs is 1. The molecule has 0 amide bonds. The molecule has 3 rings (SSSR count). The second-order valence-electron chi connectivity index (χ2n) is 6.68. The third-order valence-corrected chi connectivity index (χ3v) is 4.07. The third-order valence-electron chi connectivity index (χ3n) is 4.07. The summed E-state index contributed by atoms with van der Waals surface area (Å²) in [6, 6.07) is 12.9. The predicted octanol–water partition coefficient (Wildman–Crippen LogP) is 4.90. The lowest BCUT2D eigenvalue weighted by Crippen LogP contribution is -2.15. The van der Waals surface area contributed by atoms with Gasteiger partial charge in [0.25, 0.3) is 0 Å². The van der Waals surface area contributed by atoms with Crippen molar-refractivity contribution in [1.29, 1.82) is 0 Å². The highest BCUT2D eigenvalue weighted by Gasteiger charge is 2.18. The van der Waals surface area contributed by atoms with E-state index < -0.39 is 0 Å². The summed E-state index contributed by atoms with van der Waals surface area (Å²) in [6.07, 6.45) is 5.65. The molecule has 2 heteroatoms. The van der Waals surface area contributed by atoms with Gasteiger partial charge in [0.05, 0.1) is 6.10 Å². The number of likely N-dealkylation sites (N-methyl/N-ethyl adjacent to an activating group) is 1. The van der Waals surface area contributed by atoms with Crippen LogP contribution in [0.1, 0.15) is 25.8 Å². The van der Waals surface area contributed by atoms with Crippen molar-refractivity contribution in [3.63, 3.8) is 0 Å². The predicted molar refractivity (Wildman–Crippen MR) is 98.9 cm³/mol. The van der Waals surface area contributed by atoms with Crippen LogP contribution in [0.25, 0.3) is 16.3 Å². The van der Waals surface area contributed by atoms with Crippen LogP contribution in [0.5, 0.6) is 5.75 Å². The number of ether oxygens (including phenoxy) is 1. The molecule has 0 heterocycles. The molecule has 0 bridgehead atoms. The van der Waals surface area contributed by atoms with Gasteiger partial charge in [-0.3, -0.25) is 0 Å². The molecule has 2 aromatic carbocycles. The number of hydrogen-bond acceptors (Lipinski definition) is 2. The second-order valence-corrected chi connectivity index (χ2v) is 6.68. The van der Waals surface area contributed by atoms with Crippen molar-refractivity contribution < 1.29 is 4.74 Å². The molecule has 0 spiro atoms. The van der Waals surface area contributed by atoms with E-state index in [1.54, 1.807) is 0 Å². The first-order valence-electron chi connectivity index (χ1n) is 8.28. The van der Waals surface area contributed by atoms with Crippen LogP contribution in [0, 0.1) is 0 Å². The lowest BCUT2D eigenvalue weighted by molar-refractivity contribution is 0.245. The highest BCUT2D eigenvalue weighted by Crippen LogP contribution is 2.39. The standard InChI is InChI=1S/C21H25NO/c1-15(2)23-21-19-10-6-5-8-16(19)12-13-20(21)18-11-7-9-17(18)14-22(3)4/h5-10,12-13,15H,11,14H2,1-4H3. The molecule has 0 unspecified atom stereocenters. The Kier molecular flexibility index (Phi) is 4.53. The van der Waals surface area contributed by atoms with Crippen molar-refractivity contribution in [3.8, 4) is 5.75 Å². The Morgan fingerprint density at radius 3 is 2.61 bits per heavy atom. The Morgan fingerprint density at radius 1 is 1.09 bits per heavy atom. The van der Waals surface area contributed by atoms with Gasteiger partial charge in [0.15, 0.2) is 0 Å². The maximum Gasteiger partial charge on any atom is 0.135 e. The monoisotopic (exact) mass is 307 g/mol. The van der Waals surface area contributed by atoms with E-state index in [-0.39, 0.29) is 6.10 Å². The van der Waals surface area contributed by atoms with Gasteiger partial charge in [-0.1, -0.05) is 48.6 Å². The van der Waals surface area contributed by atoms with Crippen LogP contribution in [0.3, 0.4) is 0 Å². The van der Waals surface area contributed by atoms with Crippen molar-refractivity contribution in [2.75, 3.05) is 20.6 Å². The molecular weight excluding hydrogens is 282 g/mol. The van der Waals surface area contributed by atoms with Crippen molar-refractivity contribution in [2.24, 2.45) is 0 Å². The van der Waals surface area contributed by atoms with Gasteiger partial charge in [0.1, 0.15) is 5.75 Å². The highest BCUT2D eigenvalue weighted by molar-refractivity contribution is 5.94. The molecule has 23 heavy (non-hydrogen) atoms. The van der Waals surface area contributed by atoms with E-state index in [1.807, 2.05) is 0 Å². The zero-order valence-corrected chi connectivity index (χ0v) is 14.5. The topological polar surface area (TPSA) is 12.5 Å². The average molecular weight is 307 g/mol. The molecule has 0 aliphatic heterocycles. The van der Waals surface area contributed by atoms with Crippen LogP contribution in [-0.2, 0) is 0 Å². The summed E-state index contributed by atoms with van der Waals surface area (Å²) in [5.74, 6) is 1.02. The minimum Gasteiger partial charge on any atom is -0.490 e. The molecule has 0 radical (unpaired) electrons. The first kappa shape index (κ1) is 15.8. The van der Waals surface area contributed by atoms with Gasteiger partial charge in [-0.15, -0.1) is 0 Å². The Morgan fingerprint density at radius 2 is 1.87 bits per heavy atom. The molecule has 0 saturated heterocycles. The summed E-state index contributed by atoms with van der Waals surface area (Å²) >= 11 is 0. The fourth-order valence-corrected chi connectivity index (χ4v) is 3.17. The molecule has 2 nitrogen and oxygen atoms in total. The first-order valence-corrected chi connectivity index (χ1v) is 8.28. The molecule has 1 aliphatic carbocycles. The van der Waals surface area contributed by atoms with Gasteiger partial charge in [-0.25, -0.2) is 0 Å². The van der Waals surface area contributed by atoms with Crippen LogP contribution in [0.15, 0.2) is 54.1 Å². The normalized spacial score (nSPS) is 14.5. The molecule has 1 aliphatic rings. The number of rotatable bonds is 5. The van der Waals surface area contributed by atoms with Gasteiger partial charge in [-0.05, 0) is 50.9 Å². The third kappa shape index (κ3) is 3.32. The van der Waals surface area contributed by atoms with Gasteiger partial charge in [0, 0.05) is 17.5 Å². The van der Waals surface area contributed by atoms with Crippen LogP contribution in [-0.4, -0.2) is 31.6 Å². The Hall–Kier alpha value is -2.06. The van der Waals surface area contributed by atoms with Gasteiger partial charge in [0.2, 0.25) is 0 Å². The lowest BCUT2D eigenvalue weighted by Gasteiger charge is -2.19. The average Bonchev–Trinajstić information content (AvgIpc) is 2.94. The smallest absolute Gasteiger partial charge is 0.135 e. The lowest BCUT2D eigenvalue weighted by atomic mass is 9.96. The quantitative estimate of drug-likeness (QED) is 0.779. The summed E-state index contributed by atoms with van der Waals surface area (Å²) in [5.41, 5.74) is 4.01. The maximum absolute atomic E-state index is 6.25. The van der Waals surface area contributed by atoms with E-state index in [9.17, 15) is 0 Å². The number of benzene rings is 2. The maximum atomic E-state index is 6.25. The summed E-state index contributed by atoms with van der Waals surface area (Å²) in [6.45, 7) is 5.14. The van der Waals surface area contributed by atoms with Crippen molar-refractivity contribution >= 4 is 16.3 Å². The van der Waals surface area contributed by atoms with E-state index in [2.05, 4.69) is 81.4 Å². The summed E-state index contributed by atoms with van der Waals surface area (Å²) < 4.78 is 6.25. The van der Waals surface area contributed by atoms with Crippen LogP contribution < -0.4 is 4.74 Å². The molecule has 120 valence electrons. The largest absolute Gasteiger partial charge is 0.490 e. The molecule has 0 N–H and O–H groups in total. The summed E-state index contributed by atoms with van der Waals surface area (Å²) in [7, 11) is 4.23. The number of hydrogen-bond donors (Lipinski definition) is 0. The molecule has 0 aromatic heterocycles. The molecular formula is C21H25NO. The van der Waals surface area contributed by atoms with Crippen LogP contribution in [0.2, 0.25) is 0 Å². The second kappa shape index (κ2) is 6.59. The van der Waals surface area contributed by atoms with E-state index in [1.165, 1.54) is 27.5 Å². The Labute approximate surface area is 139 Å². The first-order chi connectivity index (χ1) is 11.1. The summed E-state index contributed by atoms with van der Waals surface area (Å²) in [5, 5.41) is 2.43. The fraction of sp³-hybridized carbons (Fsp3) is 0.333. The van der Waals surface area contributed by atoms with Gasteiger partial charge >= 0.3 is 0 Å². The zero-order chi connectivity index (χ0) is 16.4. The SMILES string of the molecule is CC(C)Oc1c(C2=C(CN(C)C)C=CC2)ccc2ccccc12. The Bertz CT molecular complexity index is 769.